The number of amides is 2. The minimum atomic E-state index is -0.277. The van der Waals surface area contributed by atoms with Crippen LogP contribution >= 0.6 is 11.8 Å². The van der Waals surface area contributed by atoms with Crippen LogP contribution in [0.1, 0.15) is 53.8 Å². The third kappa shape index (κ3) is 5.73. The standard InChI is InChI=1S/C24H30N2O4S/c1-16(2)31-18-10-8-17(9-11-18)23(27)25-20-15-22(30-4)21(29-3)14-19(20)24(28)26-12-6-5-7-13-26/h8-11,14-16H,5-7,12-13H2,1-4H3,(H,25,27). The van der Waals surface area contributed by atoms with Crippen LogP contribution in [-0.2, 0) is 0 Å². The van der Waals surface area contributed by atoms with Gasteiger partial charge in [0.25, 0.3) is 11.8 Å². The molecule has 0 saturated carbocycles. The van der Waals surface area contributed by atoms with Crippen LogP contribution in [0.15, 0.2) is 41.3 Å². The molecule has 31 heavy (non-hydrogen) atoms. The second-order valence-electron chi connectivity index (χ2n) is 7.75. The minimum absolute atomic E-state index is 0.111. The zero-order chi connectivity index (χ0) is 22.4. The first-order valence-electron chi connectivity index (χ1n) is 10.6. The maximum Gasteiger partial charge on any atom is 0.256 e. The van der Waals surface area contributed by atoms with Crippen molar-refractivity contribution in [2.24, 2.45) is 0 Å². The molecule has 1 aliphatic rings. The molecule has 0 unspecified atom stereocenters. The number of piperidine rings is 1. The van der Waals surface area contributed by atoms with Crippen molar-refractivity contribution in [3.63, 3.8) is 0 Å². The van der Waals surface area contributed by atoms with Crippen molar-refractivity contribution in [1.82, 2.24) is 4.90 Å². The monoisotopic (exact) mass is 442 g/mol. The highest BCUT2D eigenvalue weighted by Crippen LogP contribution is 2.35. The van der Waals surface area contributed by atoms with Crippen LogP contribution in [0, 0.1) is 0 Å². The van der Waals surface area contributed by atoms with Crippen molar-refractivity contribution in [2.75, 3.05) is 32.6 Å². The molecule has 1 fully saturated rings. The van der Waals surface area contributed by atoms with E-state index in [1.807, 2.05) is 17.0 Å². The van der Waals surface area contributed by atoms with E-state index in [9.17, 15) is 9.59 Å². The maximum absolute atomic E-state index is 13.2. The molecule has 1 aliphatic heterocycles. The molecule has 0 spiro atoms. The Morgan fingerprint density at radius 2 is 1.58 bits per heavy atom. The van der Waals surface area contributed by atoms with Gasteiger partial charge in [-0.3, -0.25) is 9.59 Å². The van der Waals surface area contributed by atoms with Crippen molar-refractivity contribution >= 4 is 29.3 Å². The Morgan fingerprint density at radius 3 is 2.16 bits per heavy atom. The van der Waals surface area contributed by atoms with Gasteiger partial charge in [-0.1, -0.05) is 13.8 Å². The summed E-state index contributed by atoms with van der Waals surface area (Å²) in [5.41, 5.74) is 1.35. The molecule has 0 radical (unpaired) electrons. The van der Waals surface area contributed by atoms with Crippen LogP contribution in [0.25, 0.3) is 0 Å². The second kappa shape index (κ2) is 10.6. The average molecular weight is 443 g/mol. The number of thioether (sulfide) groups is 1. The molecule has 6 nitrogen and oxygen atoms in total. The van der Waals surface area contributed by atoms with E-state index in [1.54, 1.807) is 36.0 Å². The third-order valence-electron chi connectivity index (χ3n) is 5.13. The lowest BCUT2D eigenvalue weighted by Gasteiger charge is -2.28. The summed E-state index contributed by atoms with van der Waals surface area (Å²) in [5, 5.41) is 3.37. The van der Waals surface area contributed by atoms with E-state index in [0.29, 0.717) is 33.6 Å². The highest BCUT2D eigenvalue weighted by Gasteiger charge is 2.24. The third-order valence-corrected chi connectivity index (χ3v) is 6.15. The van der Waals surface area contributed by atoms with E-state index in [2.05, 4.69) is 19.2 Å². The van der Waals surface area contributed by atoms with E-state index in [4.69, 9.17) is 9.47 Å². The van der Waals surface area contributed by atoms with Gasteiger partial charge in [-0.15, -0.1) is 11.8 Å². The topological polar surface area (TPSA) is 67.9 Å². The number of benzene rings is 2. The number of anilines is 1. The Hall–Kier alpha value is -2.67. The number of methoxy groups -OCH3 is 2. The smallest absolute Gasteiger partial charge is 0.256 e. The fourth-order valence-corrected chi connectivity index (χ4v) is 4.42. The summed E-state index contributed by atoms with van der Waals surface area (Å²) in [6, 6.07) is 10.8. The Morgan fingerprint density at radius 1 is 0.968 bits per heavy atom. The number of hydrogen-bond donors (Lipinski definition) is 1. The first-order valence-corrected chi connectivity index (χ1v) is 11.4. The fraction of sp³-hybridized carbons (Fsp3) is 0.417. The molecule has 0 aliphatic carbocycles. The molecule has 1 N–H and O–H groups in total. The lowest BCUT2D eigenvalue weighted by Crippen LogP contribution is -2.36. The summed E-state index contributed by atoms with van der Waals surface area (Å²) in [6.07, 6.45) is 3.10. The van der Waals surface area contributed by atoms with Gasteiger partial charge in [-0.2, -0.15) is 0 Å². The predicted molar refractivity (Wildman–Crippen MR) is 125 cm³/mol. The van der Waals surface area contributed by atoms with Gasteiger partial charge < -0.3 is 19.7 Å². The summed E-state index contributed by atoms with van der Waals surface area (Å²) in [6.45, 7) is 5.69. The first-order chi connectivity index (χ1) is 14.9. The van der Waals surface area contributed by atoms with E-state index in [1.165, 1.54) is 14.2 Å². The average Bonchev–Trinajstić information content (AvgIpc) is 2.78. The van der Waals surface area contributed by atoms with Crippen molar-refractivity contribution in [1.29, 1.82) is 0 Å². The van der Waals surface area contributed by atoms with Crippen molar-refractivity contribution in [2.45, 2.75) is 43.3 Å². The Bertz CT molecular complexity index is 922. The predicted octanol–water partition coefficient (Wildman–Crippen LogP) is 5.08. The van der Waals surface area contributed by atoms with Gasteiger partial charge in [0.15, 0.2) is 11.5 Å². The molecule has 2 amide bonds. The highest BCUT2D eigenvalue weighted by molar-refractivity contribution is 7.99. The molecule has 3 rings (SSSR count). The van der Waals surface area contributed by atoms with E-state index in [-0.39, 0.29) is 11.8 Å². The summed E-state index contributed by atoms with van der Waals surface area (Å²) in [5.74, 6) is 0.522. The van der Waals surface area contributed by atoms with Crippen LogP contribution in [-0.4, -0.2) is 49.3 Å². The van der Waals surface area contributed by atoms with Crippen molar-refractivity contribution in [3.8, 4) is 11.5 Å². The zero-order valence-corrected chi connectivity index (χ0v) is 19.4. The maximum atomic E-state index is 13.2. The Labute approximate surface area is 188 Å². The van der Waals surface area contributed by atoms with Gasteiger partial charge in [0.2, 0.25) is 0 Å². The highest BCUT2D eigenvalue weighted by atomic mass is 32.2. The van der Waals surface area contributed by atoms with Crippen molar-refractivity contribution in [3.05, 3.63) is 47.5 Å². The molecule has 7 heteroatoms. The summed E-state index contributed by atoms with van der Waals surface area (Å²) in [7, 11) is 3.06. The normalized spacial score (nSPS) is 13.8. The lowest BCUT2D eigenvalue weighted by molar-refractivity contribution is 0.0725. The van der Waals surface area contributed by atoms with Crippen LogP contribution in [0.4, 0.5) is 5.69 Å². The SMILES string of the molecule is COc1cc(NC(=O)c2ccc(SC(C)C)cc2)c(C(=O)N2CCCCC2)cc1OC. The molecule has 0 bridgehead atoms. The van der Waals surface area contributed by atoms with E-state index >= 15 is 0 Å². The van der Waals surface area contributed by atoms with Gasteiger partial charge in [0.1, 0.15) is 0 Å². The quantitative estimate of drug-likeness (QED) is 0.606. The molecule has 166 valence electrons. The summed E-state index contributed by atoms with van der Waals surface area (Å²) < 4.78 is 10.8. The Balaban J connectivity index is 1.89. The van der Waals surface area contributed by atoms with E-state index < -0.39 is 0 Å². The van der Waals surface area contributed by atoms with Crippen LogP contribution in [0.2, 0.25) is 0 Å². The Kier molecular flexibility index (Phi) is 7.85. The lowest BCUT2D eigenvalue weighted by atomic mass is 10.1. The molecule has 1 heterocycles. The first kappa shape index (κ1) is 23.0. The van der Waals surface area contributed by atoms with E-state index in [0.717, 1.165) is 37.2 Å². The van der Waals surface area contributed by atoms with Crippen molar-refractivity contribution < 1.29 is 19.1 Å². The number of rotatable bonds is 7. The fourth-order valence-electron chi connectivity index (χ4n) is 3.58. The largest absolute Gasteiger partial charge is 0.493 e. The van der Waals surface area contributed by atoms with Crippen LogP contribution in [0.3, 0.4) is 0 Å². The molecule has 0 atom stereocenters. The number of carbonyl (C=O) groups excluding carboxylic acids is 2. The summed E-state index contributed by atoms with van der Waals surface area (Å²) >= 11 is 1.74. The molecular weight excluding hydrogens is 412 g/mol. The molecule has 0 aromatic heterocycles. The molecule has 2 aromatic carbocycles. The number of carbonyl (C=O) groups is 2. The summed E-state index contributed by atoms with van der Waals surface area (Å²) in [4.78, 5) is 29.1. The van der Waals surface area contributed by atoms with Gasteiger partial charge in [-0.25, -0.2) is 0 Å². The van der Waals surface area contributed by atoms with Gasteiger partial charge in [0.05, 0.1) is 25.5 Å². The van der Waals surface area contributed by atoms with Gasteiger partial charge in [-0.05, 0) is 49.6 Å². The van der Waals surface area contributed by atoms with Gasteiger partial charge in [0, 0.05) is 34.9 Å². The molecular formula is C24H30N2O4S. The van der Waals surface area contributed by atoms with Crippen LogP contribution in [0.5, 0.6) is 11.5 Å². The number of nitrogens with zero attached hydrogens (tertiary/aromatic N) is 1. The van der Waals surface area contributed by atoms with Crippen LogP contribution < -0.4 is 14.8 Å². The number of nitrogens with one attached hydrogen (secondary N) is 1. The minimum Gasteiger partial charge on any atom is -0.493 e. The second-order valence-corrected chi connectivity index (χ2v) is 9.40. The molecule has 1 saturated heterocycles. The number of likely N-dealkylation sites (tertiary alicyclic amines) is 1. The van der Waals surface area contributed by atoms with Gasteiger partial charge >= 0.3 is 0 Å². The number of ether oxygens (including phenoxy) is 2. The molecule has 2 aromatic rings. The zero-order valence-electron chi connectivity index (χ0n) is 18.6. The number of hydrogen-bond acceptors (Lipinski definition) is 5.